The number of nitrogens with one attached hydrogen (secondary N) is 1. The summed E-state index contributed by atoms with van der Waals surface area (Å²) in [7, 11) is 0. The largest absolute Gasteiger partial charge is 0.384 e. The number of rotatable bonds is 3. The molecule has 0 unspecified atom stereocenters. The summed E-state index contributed by atoms with van der Waals surface area (Å²) in [4.78, 5) is 0. The molecule has 3 rings (SSSR count). The van der Waals surface area contributed by atoms with Gasteiger partial charge < -0.3 is 10.3 Å². The lowest BCUT2D eigenvalue weighted by molar-refractivity contribution is 0.506. The van der Waals surface area contributed by atoms with Gasteiger partial charge in [0.15, 0.2) is 11.6 Å². The Morgan fingerprint density at radius 1 is 1.05 bits per heavy atom. The second-order valence-corrected chi connectivity index (χ2v) is 4.88. The number of nitrogen functional groups attached to an aromatic ring is 1. The summed E-state index contributed by atoms with van der Waals surface area (Å²) in [5.41, 5.74) is 7.76. The van der Waals surface area contributed by atoms with Gasteiger partial charge in [-0.3, -0.25) is 5.41 Å². The molecule has 1 heterocycles. The van der Waals surface area contributed by atoms with E-state index in [1.807, 2.05) is 29.0 Å². The van der Waals surface area contributed by atoms with E-state index >= 15 is 0 Å². The molecular weight excluding hydrogens is 272 g/mol. The highest BCUT2D eigenvalue weighted by atomic mass is 19.2. The van der Waals surface area contributed by atoms with Gasteiger partial charge in [0.25, 0.3) is 0 Å². The first-order valence-corrected chi connectivity index (χ1v) is 6.42. The van der Waals surface area contributed by atoms with Crippen molar-refractivity contribution in [2.75, 3.05) is 0 Å². The molecule has 0 bridgehead atoms. The first kappa shape index (κ1) is 13.3. The molecule has 0 amide bonds. The molecular formula is C16H13F2N3. The third-order valence-electron chi connectivity index (χ3n) is 3.42. The standard InChI is InChI=1S/C16H13F2N3/c17-13-3-1-10(7-14(13)18)9-21-6-5-11-8-12(16(19)20)2-4-15(11)21/h1-8H,9H2,(H3,19,20). The van der Waals surface area contributed by atoms with Gasteiger partial charge in [-0.2, -0.15) is 0 Å². The van der Waals surface area contributed by atoms with Crippen molar-refractivity contribution in [1.29, 1.82) is 5.41 Å². The Kier molecular flexibility index (Phi) is 3.17. The number of aromatic nitrogens is 1. The number of amidine groups is 1. The molecule has 3 nitrogen and oxygen atoms in total. The average molecular weight is 285 g/mol. The third-order valence-corrected chi connectivity index (χ3v) is 3.42. The second kappa shape index (κ2) is 5.01. The Bertz CT molecular complexity index is 837. The summed E-state index contributed by atoms with van der Waals surface area (Å²) >= 11 is 0. The van der Waals surface area contributed by atoms with Crippen LogP contribution >= 0.6 is 0 Å². The predicted molar refractivity (Wildman–Crippen MR) is 78.4 cm³/mol. The topological polar surface area (TPSA) is 54.8 Å². The van der Waals surface area contributed by atoms with E-state index in [9.17, 15) is 8.78 Å². The number of hydrogen-bond donors (Lipinski definition) is 2. The number of benzene rings is 2. The van der Waals surface area contributed by atoms with E-state index in [-0.39, 0.29) is 5.84 Å². The molecule has 0 radical (unpaired) electrons. The molecule has 21 heavy (non-hydrogen) atoms. The zero-order valence-electron chi connectivity index (χ0n) is 11.1. The van der Waals surface area contributed by atoms with Crippen molar-refractivity contribution >= 4 is 16.7 Å². The van der Waals surface area contributed by atoms with E-state index < -0.39 is 11.6 Å². The minimum atomic E-state index is -0.845. The number of hydrogen-bond acceptors (Lipinski definition) is 1. The van der Waals surface area contributed by atoms with Crippen LogP contribution < -0.4 is 5.73 Å². The van der Waals surface area contributed by atoms with Crippen molar-refractivity contribution in [3.8, 4) is 0 Å². The zero-order chi connectivity index (χ0) is 15.0. The van der Waals surface area contributed by atoms with Crippen LogP contribution in [0.25, 0.3) is 10.9 Å². The molecule has 0 atom stereocenters. The van der Waals surface area contributed by atoms with Crippen LogP contribution in [0, 0.1) is 17.0 Å². The van der Waals surface area contributed by atoms with Crippen LogP contribution in [0.15, 0.2) is 48.7 Å². The summed E-state index contributed by atoms with van der Waals surface area (Å²) in [6, 6.07) is 11.3. The van der Waals surface area contributed by atoms with Crippen molar-refractivity contribution < 1.29 is 8.78 Å². The zero-order valence-corrected chi connectivity index (χ0v) is 11.1. The Morgan fingerprint density at radius 3 is 2.57 bits per heavy atom. The van der Waals surface area contributed by atoms with Crippen LogP contribution in [-0.4, -0.2) is 10.4 Å². The van der Waals surface area contributed by atoms with Crippen molar-refractivity contribution in [2.24, 2.45) is 5.73 Å². The molecule has 2 aromatic carbocycles. The van der Waals surface area contributed by atoms with Crippen LogP contribution in [0.4, 0.5) is 8.78 Å². The first-order chi connectivity index (χ1) is 10.0. The lowest BCUT2D eigenvalue weighted by atomic mass is 10.1. The lowest BCUT2D eigenvalue weighted by Crippen LogP contribution is -2.10. The van der Waals surface area contributed by atoms with Gasteiger partial charge in [-0.25, -0.2) is 8.78 Å². The first-order valence-electron chi connectivity index (χ1n) is 6.42. The number of fused-ring (bicyclic) bond motifs is 1. The molecule has 0 saturated heterocycles. The summed E-state index contributed by atoms with van der Waals surface area (Å²) in [5, 5.41) is 8.38. The average Bonchev–Trinajstić information content (AvgIpc) is 2.85. The molecule has 106 valence electrons. The Labute approximate surface area is 120 Å². The van der Waals surface area contributed by atoms with Gasteiger partial charge in [-0.15, -0.1) is 0 Å². The Morgan fingerprint density at radius 2 is 1.86 bits per heavy atom. The smallest absolute Gasteiger partial charge is 0.159 e. The van der Waals surface area contributed by atoms with E-state index in [2.05, 4.69) is 0 Å². The normalized spacial score (nSPS) is 11.0. The van der Waals surface area contributed by atoms with Crippen LogP contribution in [0.5, 0.6) is 0 Å². The molecule has 0 fully saturated rings. The Balaban J connectivity index is 1.97. The maximum absolute atomic E-state index is 13.2. The third kappa shape index (κ3) is 2.50. The van der Waals surface area contributed by atoms with Crippen LogP contribution in [0.1, 0.15) is 11.1 Å². The van der Waals surface area contributed by atoms with Crippen molar-refractivity contribution in [3.63, 3.8) is 0 Å². The Hall–Kier alpha value is -2.69. The molecule has 0 spiro atoms. The van der Waals surface area contributed by atoms with E-state index in [1.165, 1.54) is 6.07 Å². The van der Waals surface area contributed by atoms with E-state index in [4.69, 9.17) is 11.1 Å². The van der Waals surface area contributed by atoms with Gasteiger partial charge >= 0.3 is 0 Å². The fraction of sp³-hybridized carbons (Fsp3) is 0.0625. The van der Waals surface area contributed by atoms with Gasteiger partial charge in [0.05, 0.1) is 0 Å². The summed E-state index contributed by atoms with van der Waals surface area (Å²) in [6.07, 6.45) is 1.87. The van der Waals surface area contributed by atoms with Crippen molar-refractivity contribution in [1.82, 2.24) is 4.57 Å². The van der Waals surface area contributed by atoms with Gasteiger partial charge in [-0.1, -0.05) is 6.07 Å². The molecule has 0 aliphatic heterocycles. The molecule has 3 N–H and O–H groups in total. The number of nitrogens with zero attached hydrogens (tertiary/aromatic N) is 1. The molecule has 3 aromatic rings. The minimum Gasteiger partial charge on any atom is -0.384 e. The number of nitrogens with two attached hydrogens (primary N) is 1. The van der Waals surface area contributed by atoms with E-state index in [0.29, 0.717) is 17.7 Å². The summed E-state index contributed by atoms with van der Waals surface area (Å²) in [6.45, 7) is 0.445. The van der Waals surface area contributed by atoms with E-state index in [1.54, 1.807) is 12.1 Å². The second-order valence-electron chi connectivity index (χ2n) is 4.88. The molecule has 1 aromatic heterocycles. The van der Waals surface area contributed by atoms with Gasteiger partial charge in [0, 0.05) is 29.2 Å². The van der Waals surface area contributed by atoms with Crippen LogP contribution in [0.3, 0.4) is 0 Å². The van der Waals surface area contributed by atoms with Gasteiger partial charge in [-0.05, 0) is 42.0 Å². The van der Waals surface area contributed by atoms with Gasteiger partial charge in [0.1, 0.15) is 5.84 Å². The lowest BCUT2D eigenvalue weighted by Gasteiger charge is -2.07. The van der Waals surface area contributed by atoms with Gasteiger partial charge in [0.2, 0.25) is 0 Å². The molecule has 0 aliphatic carbocycles. The maximum atomic E-state index is 13.2. The molecule has 0 saturated carbocycles. The van der Waals surface area contributed by atoms with Crippen LogP contribution in [-0.2, 0) is 6.54 Å². The van der Waals surface area contributed by atoms with E-state index in [0.717, 1.165) is 17.0 Å². The van der Waals surface area contributed by atoms with Crippen molar-refractivity contribution in [2.45, 2.75) is 6.54 Å². The highest BCUT2D eigenvalue weighted by Gasteiger charge is 2.06. The quantitative estimate of drug-likeness (QED) is 0.563. The number of halogens is 2. The fourth-order valence-electron chi connectivity index (χ4n) is 2.34. The molecule has 5 heteroatoms. The fourth-order valence-corrected chi connectivity index (χ4v) is 2.34. The highest BCUT2D eigenvalue weighted by molar-refractivity contribution is 5.98. The minimum absolute atomic E-state index is 0.0188. The maximum Gasteiger partial charge on any atom is 0.159 e. The van der Waals surface area contributed by atoms with Crippen LogP contribution in [0.2, 0.25) is 0 Å². The van der Waals surface area contributed by atoms with Crippen molar-refractivity contribution in [3.05, 3.63) is 71.4 Å². The summed E-state index contributed by atoms with van der Waals surface area (Å²) in [5.74, 6) is -1.67. The predicted octanol–water partition coefficient (Wildman–Crippen LogP) is 3.25. The molecule has 0 aliphatic rings. The monoisotopic (exact) mass is 285 g/mol. The SMILES string of the molecule is N=C(N)c1ccc2c(ccn2Cc2ccc(F)c(F)c2)c1. The highest BCUT2D eigenvalue weighted by Crippen LogP contribution is 2.19. The summed E-state index contributed by atoms with van der Waals surface area (Å²) < 4.78 is 28.1.